The second-order valence-electron chi connectivity index (χ2n) is 5.17. The van der Waals surface area contributed by atoms with Gasteiger partial charge >= 0.3 is 0 Å². The SMILES string of the molecule is CCCNCc1cnccc1N1CCCS(=O)(=O)CC1. The third-order valence-corrected chi connectivity index (χ3v) is 5.23. The lowest BCUT2D eigenvalue weighted by Gasteiger charge is -2.24. The Kier molecular flexibility index (Phi) is 5.37. The van der Waals surface area contributed by atoms with Gasteiger partial charge in [-0.3, -0.25) is 4.98 Å². The fraction of sp³-hybridized carbons (Fsp3) is 0.643. The highest BCUT2D eigenvalue weighted by Crippen LogP contribution is 2.21. The zero-order valence-electron chi connectivity index (χ0n) is 12.0. The van der Waals surface area contributed by atoms with E-state index in [1.54, 1.807) is 6.20 Å². The van der Waals surface area contributed by atoms with Crippen molar-refractivity contribution in [1.29, 1.82) is 0 Å². The van der Waals surface area contributed by atoms with E-state index in [0.29, 0.717) is 18.7 Å². The van der Waals surface area contributed by atoms with E-state index < -0.39 is 9.84 Å². The summed E-state index contributed by atoms with van der Waals surface area (Å²) in [6.07, 6.45) is 5.44. The lowest BCUT2D eigenvalue weighted by atomic mass is 10.2. The van der Waals surface area contributed by atoms with Crippen LogP contribution in [0.2, 0.25) is 0 Å². The molecular formula is C14H23N3O2S. The van der Waals surface area contributed by atoms with Crippen molar-refractivity contribution in [3.8, 4) is 0 Å². The molecule has 0 aromatic carbocycles. The van der Waals surface area contributed by atoms with Gasteiger partial charge in [0.1, 0.15) is 0 Å². The first kappa shape index (κ1) is 15.3. The van der Waals surface area contributed by atoms with E-state index in [4.69, 9.17) is 0 Å². The molecule has 0 aliphatic carbocycles. The Balaban J connectivity index is 2.11. The topological polar surface area (TPSA) is 62.3 Å². The molecular weight excluding hydrogens is 274 g/mol. The summed E-state index contributed by atoms with van der Waals surface area (Å²) in [6.45, 7) is 5.26. The van der Waals surface area contributed by atoms with Crippen LogP contribution in [0, 0.1) is 0 Å². The Hall–Kier alpha value is -1.14. The molecule has 6 heteroatoms. The monoisotopic (exact) mass is 297 g/mol. The zero-order valence-corrected chi connectivity index (χ0v) is 12.8. The molecule has 1 aromatic heterocycles. The Morgan fingerprint density at radius 2 is 2.20 bits per heavy atom. The third-order valence-electron chi connectivity index (χ3n) is 3.52. The lowest BCUT2D eigenvalue weighted by Crippen LogP contribution is -2.28. The fourth-order valence-corrected chi connectivity index (χ4v) is 3.72. The minimum absolute atomic E-state index is 0.247. The molecule has 112 valence electrons. The highest BCUT2D eigenvalue weighted by atomic mass is 32.2. The molecule has 1 aromatic rings. The summed E-state index contributed by atoms with van der Waals surface area (Å²) < 4.78 is 23.4. The van der Waals surface area contributed by atoms with Crippen LogP contribution in [0.3, 0.4) is 0 Å². The first-order valence-electron chi connectivity index (χ1n) is 7.21. The van der Waals surface area contributed by atoms with Crippen molar-refractivity contribution in [2.24, 2.45) is 0 Å². The molecule has 0 atom stereocenters. The van der Waals surface area contributed by atoms with Gasteiger partial charge in [0.2, 0.25) is 0 Å². The van der Waals surface area contributed by atoms with Crippen LogP contribution in [0.5, 0.6) is 0 Å². The number of pyridine rings is 1. The molecule has 0 amide bonds. The number of nitrogens with one attached hydrogen (secondary N) is 1. The van der Waals surface area contributed by atoms with Crippen LogP contribution in [-0.4, -0.2) is 44.5 Å². The van der Waals surface area contributed by atoms with Gasteiger partial charge in [-0.15, -0.1) is 0 Å². The number of nitrogens with zero attached hydrogens (tertiary/aromatic N) is 2. The van der Waals surface area contributed by atoms with Crippen LogP contribution in [0.25, 0.3) is 0 Å². The first-order chi connectivity index (χ1) is 9.62. The molecule has 2 heterocycles. The van der Waals surface area contributed by atoms with Crippen LogP contribution in [-0.2, 0) is 16.4 Å². The molecule has 5 nitrogen and oxygen atoms in total. The van der Waals surface area contributed by atoms with Crippen molar-refractivity contribution in [3.05, 3.63) is 24.0 Å². The van der Waals surface area contributed by atoms with E-state index in [-0.39, 0.29) is 5.75 Å². The summed E-state index contributed by atoms with van der Waals surface area (Å²) in [4.78, 5) is 6.36. The highest BCUT2D eigenvalue weighted by molar-refractivity contribution is 7.91. The zero-order chi connectivity index (χ0) is 14.4. The van der Waals surface area contributed by atoms with Crippen molar-refractivity contribution >= 4 is 15.5 Å². The van der Waals surface area contributed by atoms with Gasteiger partial charge in [-0.25, -0.2) is 8.42 Å². The number of sulfone groups is 1. The van der Waals surface area contributed by atoms with Crippen molar-refractivity contribution in [3.63, 3.8) is 0 Å². The first-order valence-corrected chi connectivity index (χ1v) is 9.03. The summed E-state index contributed by atoms with van der Waals surface area (Å²) in [6, 6.07) is 1.99. The maximum Gasteiger partial charge on any atom is 0.152 e. The number of hydrogen-bond acceptors (Lipinski definition) is 5. The fourth-order valence-electron chi connectivity index (χ4n) is 2.44. The van der Waals surface area contributed by atoms with E-state index >= 15 is 0 Å². The summed E-state index contributed by atoms with van der Waals surface area (Å²) in [5, 5.41) is 3.38. The molecule has 1 saturated heterocycles. The lowest BCUT2D eigenvalue weighted by molar-refractivity contribution is 0.597. The van der Waals surface area contributed by atoms with Gasteiger partial charge in [-0.2, -0.15) is 0 Å². The highest BCUT2D eigenvalue weighted by Gasteiger charge is 2.20. The molecule has 0 radical (unpaired) electrons. The van der Waals surface area contributed by atoms with E-state index in [1.807, 2.05) is 12.3 Å². The Morgan fingerprint density at radius 1 is 1.35 bits per heavy atom. The maximum absolute atomic E-state index is 11.7. The average Bonchev–Trinajstić information content (AvgIpc) is 2.61. The Morgan fingerprint density at radius 3 is 3.00 bits per heavy atom. The predicted octanol–water partition coefficient (Wildman–Crippen LogP) is 1.21. The second kappa shape index (κ2) is 7.04. The van der Waals surface area contributed by atoms with Gasteiger partial charge in [-0.05, 0) is 25.5 Å². The van der Waals surface area contributed by atoms with Crippen LogP contribution in [0.15, 0.2) is 18.5 Å². The van der Waals surface area contributed by atoms with Crippen molar-refractivity contribution in [2.45, 2.75) is 26.3 Å². The summed E-state index contributed by atoms with van der Waals surface area (Å²) in [7, 11) is -2.87. The van der Waals surface area contributed by atoms with Gasteiger partial charge in [0.05, 0.1) is 11.5 Å². The van der Waals surface area contributed by atoms with Gasteiger partial charge in [0.25, 0.3) is 0 Å². The average molecular weight is 297 g/mol. The van der Waals surface area contributed by atoms with Crippen LogP contribution in [0.1, 0.15) is 25.3 Å². The van der Waals surface area contributed by atoms with E-state index in [0.717, 1.165) is 37.3 Å². The normalized spacial score (nSPS) is 18.8. The number of hydrogen-bond donors (Lipinski definition) is 1. The third kappa shape index (κ3) is 4.18. The molecule has 1 aliphatic rings. The van der Waals surface area contributed by atoms with E-state index in [1.165, 1.54) is 0 Å². The van der Waals surface area contributed by atoms with Gasteiger partial charge in [0.15, 0.2) is 9.84 Å². The minimum atomic E-state index is -2.87. The number of anilines is 1. The summed E-state index contributed by atoms with van der Waals surface area (Å²) >= 11 is 0. The largest absolute Gasteiger partial charge is 0.370 e. The molecule has 1 fully saturated rings. The maximum atomic E-state index is 11.7. The molecule has 0 spiro atoms. The Labute approximate surface area is 121 Å². The van der Waals surface area contributed by atoms with Crippen molar-refractivity contribution in [2.75, 3.05) is 36.0 Å². The quantitative estimate of drug-likeness (QED) is 0.828. The van der Waals surface area contributed by atoms with Gasteiger partial charge < -0.3 is 10.2 Å². The molecule has 1 N–H and O–H groups in total. The van der Waals surface area contributed by atoms with Crippen LogP contribution < -0.4 is 10.2 Å². The molecule has 1 aliphatic heterocycles. The number of aromatic nitrogens is 1. The van der Waals surface area contributed by atoms with Gasteiger partial charge in [0, 0.05) is 43.3 Å². The van der Waals surface area contributed by atoms with Crippen molar-refractivity contribution < 1.29 is 8.42 Å². The second-order valence-corrected chi connectivity index (χ2v) is 7.48. The standard InChI is InChI=1S/C14H23N3O2S/c1-2-5-15-11-13-12-16-6-4-14(13)17-7-3-9-20(18,19)10-8-17/h4,6,12,15H,2-3,5,7-11H2,1H3. The predicted molar refractivity (Wildman–Crippen MR) is 81.7 cm³/mol. The molecule has 0 saturated carbocycles. The minimum Gasteiger partial charge on any atom is -0.370 e. The number of rotatable bonds is 5. The smallest absolute Gasteiger partial charge is 0.152 e. The van der Waals surface area contributed by atoms with Crippen LogP contribution >= 0.6 is 0 Å². The molecule has 0 unspecified atom stereocenters. The molecule has 0 bridgehead atoms. The van der Waals surface area contributed by atoms with Crippen molar-refractivity contribution in [1.82, 2.24) is 10.3 Å². The molecule has 20 heavy (non-hydrogen) atoms. The van der Waals surface area contributed by atoms with E-state index in [9.17, 15) is 8.42 Å². The Bertz CT molecular complexity index is 531. The summed E-state index contributed by atoms with van der Waals surface area (Å²) in [5.41, 5.74) is 2.25. The summed E-state index contributed by atoms with van der Waals surface area (Å²) in [5.74, 6) is 0.551. The molecule has 2 rings (SSSR count). The van der Waals surface area contributed by atoms with Crippen LogP contribution in [0.4, 0.5) is 5.69 Å². The van der Waals surface area contributed by atoms with Gasteiger partial charge in [-0.1, -0.05) is 6.92 Å². The van der Waals surface area contributed by atoms with E-state index in [2.05, 4.69) is 22.1 Å².